The molecule has 5 nitrogen and oxygen atoms in total. The number of esters is 1. The third-order valence-corrected chi connectivity index (χ3v) is 2.12. The van der Waals surface area contributed by atoms with Crippen molar-refractivity contribution in [3.63, 3.8) is 0 Å². The number of nitrogens with two attached hydrogens (primary N) is 1. The number of hydrogen-bond donors (Lipinski definition) is 2. The first-order valence-corrected chi connectivity index (χ1v) is 5.14. The minimum absolute atomic E-state index is 0. The Labute approximate surface area is 103 Å². The van der Waals surface area contributed by atoms with Crippen molar-refractivity contribution in [3.8, 4) is 0 Å². The lowest BCUT2D eigenvalue weighted by atomic mass is 10.1. The average Bonchev–Trinajstić information content (AvgIpc) is 2.24. The molecular weight excluding hydrogens is 232 g/mol. The van der Waals surface area contributed by atoms with Crippen LogP contribution in [0.1, 0.15) is 26.7 Å². The highest BCUT2D eigenvalue weighted by molar-refractivity contribution is 5.85. The molecule has 6 heteroatoms. The van der Waals surface area contributed by atoms with E-state index in [1.807, 2.05) is 6.92 Å². The highest BCUT2D eigenvalue weighted by Gasteiger charge is 2.16. The predicted molar refractivity (Wildman–Crippen MR) is 64.3 cm³/mol. The first-order chi connectivity index (χ1) is 7.02. The monoisotopic (exact) mass is 252 g/mol. The lowest BCUT2D eigenvalue weighted by Crippen LogP contribution is -2.43. The maximum Gasteiger partial charge on any atom is 0.310 e. The number of nitrogens with one attached hydrogen (secondary N) is 1. The standard InChI is InChI=1S/C10H20N2O3.ClH/c1-4-5-8(11)9(13)12-6-7(2)10(14)15-3;/h7-8H,4-6,11H2,1-3H3,(H,12,13);1H. The molecule has 2 unspecified atom stereocenters. The maximum absolute atomic E-state index is 11.4. The van der Waals surface area contributed by atoms with Crippen LogP contribution >= 0.6 is 12.4 Å². The molecule has 96 valence electrons. The van der Waals surface area contributed by atoms with Gasteiger partial charge in [0.05, 0.1) is 19.1 Å². The Morgan fingerprint density at radius 3 is 2.44 bits per heavy atom. The van der Waals surface area contributed by atoms with Gasteiger partial charge in [-0.15, -0.1) is 12.4 Å². The van der Waals surface area contributed by atoms with E-state index in [4.69, 9.17) is 5.73 Å². The molecular formula is C10H21ClN2O3. The molecule has 1 amide bonds. The molecule has 16 heavy (non-hydrogen) atoms. The fourth-order valence-electron chi connectivity index (χ4n) is 1.11. The quantitative estimate of drug-likeness (QED) is 0.673. The number of carbonyl (C=O) groups excluding carboxylic acids is 2. The van der Waals surface area contributed by atoms with Crippen molar-refractivity contribution in [2.75, 3.05) is 13.7 Å². The van der Waals surface area contributed by atoms with Gasteiger partial charge in [-0.25, -0.2) is 0 Å². The Balaban J connectivity index is 0. The van der Waals surface area contributed by atoms with E-state index in [0.29, 0.717) is 6.42 Å². The lowest BCUT2D eigenvalue weighted by molar-refractivity contribution is -0.144. The number of carbonyl (C=O) groups is 2. The van der Waals surface area contributed by atoms with Gasteiger partial charge in [0, 0.05) is 6.54 Å². The van der Waals surface area contributed by atoms with Crippen molar-refractivity contribution < 1.29 is 14.3 Å². The third kappa shape index (κ3) is 6.63. The molecule has 0 aromatic rings. The Kier molecular flexibility index (Phi) is 10.3. The number of rotatable bonds is 6. The summed E-state index contributed by atoms with van der Waals surface area (Å²) in [5.41, 5.74) is 5.59. The molecule has 0 heterocycles. The number of amides is 1. The molecule has 0 aliphatic rings. The Morgan fingerprint density at radius 2 is 2.00 bits per heavy atom. The van der Waals surface area contributed by atoms with Gasteiger partial charge in [-0.2, -0.15) is 0 Å². The van der Waals surface area contributed by atoms with Crippen molar-refractivity contribution in [1.82, 2.24) is 5.32 Å². The van der Waals surface area contributed by atoms with Crippen LogP contribution in [0.15, 0.2) is 0 Å². The lowest BCUT2D eigenvalue weighted by Gasteiger charge is -2.13. The minimum Gasteiger partial charge on any atom is -0.469 e. The van der Waals surface area contributed by atoms with Crippen LogP contribution in [0.5, 0.6) is 0 Å². The van der Waals surface area contributed by atoms with Crippen LogP contribution in [0.4, 0.5) is 0 Å². The second-order valence-electron chi connectivity index (χ2n) is 3.56. The first kappa shape index (κ1) is 17.6. The summed E-state index contributed by atoms with van der Waals surface area (Å²) in [6.45, 7) is 3.92. The normalized spacial score (nSPS) is 13.2. The van der Waals surface area contributed by atoms with Gasteiger partial charge in [0.1, 0.15) is 0 Å². The van der Waals surface area contributed by atoms with E-state index < -0.39 is 6.04 Å². The van der Waals surface area contributed by atoms with Gasteiger partial charge < -0.3 is 15.8 Å². The summed E-state index contributed by atoms with van der Waals surface area (Å²) in [5.74, 6) is -0.889. The molecule has 3 N–H and O–H groups in total. The van der Waals surface area contributed by atoms with Crippen molar-refractivity contribution in [3.05, 3.63) is 0 Å². The Morgan fingerprint density at radius 1 is 1.44 bits per heavy atom. The topological polar surface area (TPSA) is 81.4 Å². The number of hydrogen-bond acceptors (Lipinski definition) is 4. The van der Waals surface area contributed by atoms with Gasteiger partial charge in [-0.05, 0) is 6.42 Å². The molecule has 0 spiro atoms. The minimum atomic E-state index is -0.486. The first-order valence-electron chi connectivity index (χ1n) is 5.14. The van der Waals surface area contributed by atoms with Crippen LogP contribution in [0, 0.1) is 5.92 Å². The van der Waals surface area contributed by atoms with Crippen molar-refractivity contribution in [2.24, 2.45) is 11.7 Å². The molecule has 0 saturated carbocycles. The zero-order chi connectivity index (χ0) is 11.8. The molecule has 0 aliphatic carbocycles. The second kappa shape index (κ2) is 9.42. The summed E-state index contributed by atoms with van der Waals surface area (Å²) in [7, 11) is 1.32. The zero-order valence-corrected chi connectivity index (χ0v) is 10.8. The van der Waals surface area contributed by atoms with Gasteiger partial charge in [0.2, 0.25) is 5.91 Å². The molecule has 0 fully saturated rings. The zero-order valence-electron chi connectivity index (χ0n) is 9.99. The van der Waals surface area contributed by atoms with Crippen LogP contribution in [-0.4, -0.2) is 31.6 Å². The average molecular weight is 253 g/mol. The van der Waals surface area contributed by atoms with E-state index >= 15 is 0 Å². The second-order valence-corrected chi connectivity index (χ2v) is 3.56. The molecule has 0 bridgehead atoms. The fourth-order valence-corrected chi connectivity index (χ4v) is 1.11. The number of methoxy groups -OCH3 is 1. The van der Waals surface area contributed by atoms with Crippen LogP contribution in [0.25, 0.3) is 0 Å². The van der Waals surface area contributed by atoms with Crippen molar-refractivity contribution in [2.45, 2.75) is 32.7 Å². The maximum atomic E-state index is 11.4. The number of ether oxygens (including phenoxy) is 1. The van der Waals surface area contributed by atoms with Crippen LogP contribution < -0.4 is 11.1 Å². The predicted octanol–water partition coefficient (Wildman–Crippen LogP) is 0.461. The largest absolute Gasteiger partial charge is 0.469 e. The van der Waals surface area contributed by atoms with Crippen molar-refractivity contribution >= 4 is 24.3 Å². The van der Waals surface area contributed by atoms with E-state index in [1.54, 1.807) is 6.92 Å². The summed E-state index contributed by atoms with van der Waals surface area (Å²) >= 11 is 0. The van der Waals surface area contributed by atoms with E-state index in [9.17, 15) is 9.59 Å². The molecule has 2 atom stereocenters. The number of halogens is 1. The van der Waals surface area contributed by atoms with Crippen LogP contribution in [0.3, 0.4) is 0 Å². The van der Waals surface area contributed by atoms with E-state index in [0.717, 1.165) is 6.42 Å². The van der Waals surface area contributed by atoms with Gasteiger partial charge >= 0.3 is 5.97 Å². The van der Waals surface area contributed by atoms with E-state index in [2.05, 4.69) is 10.1 Å². The smallest absolute Gasteiger partial charge is 0.310 e. The third-order valence-electron chi connectivity index (χ3n) is 2.12. The molecule has 0 saturated heterocycles. The molecule has 0 aromatic heterocycles. The van der Waals surface area contributed by atoms with E-state index in [1.165, 1.54) is 7.11 Å². The van der Waals surface area contributed by atoms with Gasteiger partial charge in [-0.1, -0.05) is 20.3 Å². The molecule has 0 radical (unpaired) electrons. The Bertz CT molecular complexity index is 224. The van der Waals surface area contributed by atoms with Gasteiger partial charge in [0.25, 0.3) is 0 Å². The SMILES string of the molecule is CCCC(N)C(=O)NCC(C)C(=O)OC.Cl. The van der Waals surface area contributed by atoms with Gasteiger partial charge in [-0.3, -0.25) is 9.59 Å². The molecule has 0 rings (SSSR count). The molecule has 0 aromatic carbocycles. The van der Waals surface area contributed by atoms with E-state index in [-0.39, 0.29) is 36.7 Å². The summed E-state index contributed by atoms with van der Waals surface area (Å²) in [6, 6.07) is -0.486. The Hall–Kier alpha value is -0.810. The summed E-state index contributed by atoms with van der Waals surface area (Å²) in [5, 5.41) is 2.62. The highest BCUT2D eigenvalue weighted by Crippen LogP contribution is 1.97. The summed E-state index contributed by atoms with van der Waals surface area (Å²) in [6.07, 6.45) is 1.51. The highest BCUT2D eigenvalue weighted by atomic mass is 35.5. The van der Waals surface area contributed by atoms with Gasteiger partial charge in [0.15, 0.2) is 0 Å². The van der Waals surface area contributed by atoms with Crippen LogP contribution in [0.2, 0.25) is 0 Å². The summed E-state index contributed by atoms with van der Waals surface area (Å²) in [4.78, 5) is 22.4. The summed E-state index contributed by atoms with van der Waals surface area (Å²) < 4.78 is 4.53. The van der Waals surface area contributed by atoms with Crippen molar-refractivity contribution in [1.29, 1.82) is 0 Å². The molecule has 0 aliphatic heterocycles. The fraction of sp³-hybridized carbons (Fsp3) is 0.800. The van der Waals surface area contributed by atoms with Crippen LogP contribution in [-0.2, 0) is 14.3 Å².